The lowest BCUT2D eigenvalue weighted by Crippen LogP contribution is -2.15. The predicted molar refractivity (Wildman–Crippen MR) is 78.8 cm³/mol. The molecule has 0 saturated carbocycles. The molecule has 110 valence electrons. The molecule has 0 radical (unpaired) electrons. The third-order valence-electron chi connectivity index (χ3n) is 3.08. The van der Waals surface area contributed by atoms with Gasteiger partial charge in [0.25, 0.3) is 5.56 Å². The molecule has 2 aromatic heterocycles. The first-order chi connectivity index (χ1) is 10.7. The van der Waals surface area contributed by atoms with E-state index in [0.717, 1.165) is 5.56 Å². The molecule has 0 bridgehead atoms. The molecule has 3 aromatic rings. The van der Waals surface area contributed by atoms with Crippen molar-refractivity contribution < 1.29 is 9.21 Å². The van der Waals surface area contributed by atoms with Crippen molar-refractivity contribution in [2.75, 3.05) is 0 Å². The van der Waals surface area contributed by atoms with Crippen molar-refractivity contribution in [3.8, 4) is 6.01 Å². The summed E-state index contributed by atoms with van der Waals surface area (Å²) in [6.07, 6.45) is 1.89. The average Bonchev–Trinajstić information content (AvgIpc) is 2.97. The monoisotopic (exact) mass is 295 g/mol. The van der Waals surface area contributed by atoms with Gasteiger partial charge in [0.15, 0.2) is 0 Å². The van der Waals surface area contributed by atoms with Gasteiger partial charge in [0.2, 0.25) is 5.89 Å². The largest absolute Gasteiger partial charge is 0.407 e. The lowest BCUT2D eigenvalue weighted by molar-refractivity contribution is -0.118. The molecule has 1 aromatic carbocycles. The summed E-state index contributed by atoms with van der Waals surface area (Å²) in [4.78, 5) is 23.7. The molecular weight excluding hydrogens is 282 g/mol. The van der Waals surface area contributed by atoms with E-state index in [0.29, 0.717) is 6.42 Å². The molecule has 0 spiro atoms. The summed E-state index contributed by atoms with van der Waals surface area (Å²) >= 11 is 0. The Morgan fingerprint density at radius 2 is 1.77 bits per heavy atom. The van der Waals surface area contributed by atoms with Crippen LogP contribution in [0.4, 0.5) is 0 Å². The van der Waals surface area contributed by atoms with Crippen molar-refractivity contribution in [3.63, 3.8) is 0 Å². The highest BCUT2D eigenvalue weighted by Crippen LogP contribution is 2.07. The van der Waals surface area contributed by atoms with E-state index in [1.54, 1.807) is 12.1 Å². The number of nitrogens with zero attached hydrogens (tertiary/aromatic N) is 3. The molecule has 6 nitrogen and oxygen atoms in total. The smallest absolute Gasteiger partial charge is 0.329 e. The number of ketones is 1. The molecule has 0 amide bonds. The summed E-state index contributed by atoms with van der Waals surface area (Å²) < 4.78 is 6.61. The van der Waals surface area contributed by atoms with E-state index in [1.165, 1.54) is 16.8 Å². The second kappa shape index (κ2) is 6.17. The molecule has 2 heterocycles. The van der Waals surface area contributed by atoms with E-state index in [2.05, 4.69) is 10.2 Å². The molecule has 0 aliphatic heterocycles. The maximum absolute atomic E-state index is 12.0. The number of benzene rings is 1. The van der Waals surface area contributed by atoms with Gasteiger partial charge in [0, 0.05) is 18.7 Å². The highest BCUT2D eigenvalue weighted by atomic mass is 16.4. The number of Topliss-reactive ketones (excluding diaryl/α,β-unsaturated/α-hetero) is 1. The van der Waals surface area contributed by atoms with Gasteiger partial charge in [-0.3, -0.25) is 9.59 Å². The van der Waals surface area contributed by atoms with Gasteiger partial charge in [-0.25, -0.2) is 4.57 Å². The average molecular weight is 295 g/mol. The number of pyridine rings is 1. The van der Waals surface area contributed by atoms with Crippen LogP contribution < -0.4 is 5.56 Å². The second-order valence-electron chi connectivity index (χ2n) is 4.77. The van der Waals surface area contributed by atoms with Gasteiger partial charge in [-0.1, -0.05) is 41.5 Å². The number of rotatable bonds is 5. The van der Waals surface area contributed by atoms with Crippen molar-refractivity contribution >= 4 is 5.78 Å². The standard InChI is InChI=1S/C16H13N3O3/c20-13(10-12-6-2-1-3-7-12)11-14-17-18-16(22-14)19-9-5-4-8-15(19)21/h1-9H,10-11H2. The minimum atomic E-state index is -0.270. The van der Waals surface area contributed by atoms with Crippen LogP contribution in [0, 0.1) is 0 Å². The third kappa shape index (κ3) is 3.17. The fraction of sp³-hybridized carbons (Fsp3) is 0.125. The van der Waals surface area contributed by atoms with Crippen LogP contribution in [-0.4, -0.2) is 20.5 Å². The van der Waals surface area contributed by atoms with Crippen LogP contribution in [0.15, 0.2) is 63.9 Å². The van der Waals surface area contributed by atoms with E-state index >= 15 is 0 Å². The Labute approximate surface area is 126 Å². The Hall–Kier alpha value is -3.02. The zero-order valence-corrected chi connectivity index (χ0v) is 11.7. The van der Waals surface area contributed by atoms with E-state index in [4.69, 9.17) is 4.42 Å². The van der Waals surface area contributed by atoms with Gasteiger partial charge in [-0.15, -0.1) is 5.10 Å². The van der Waals surface area contributed by atoms with Crippen LogP contribution in [0.2, 0.25) is 0 Å². The lowest BCUT2D eigenvalue weighted by Gasteiger charge is -1.98. The van der Waals surface area contributed by atoms with Gasteiger partial charge in [-0.05, 0) is 11.6 Å². The van der Waals surface area contributed by atoms with Gasteiger partial charge in [-0.2, -0.15) is 0 Å². The molecule has 0 fully saturated rings. The molecule has 0 atom stereocenters. The van der Waals surface area contributed by atoms with E-state index in [1.807, 2.05) is 30.3 Å². The SMILES string of the molecule is O=C(Cc1ccccc1)Cc1nnc(-n2ccccc2=O)o1. The summed E-state index contributed by atoms with van der Waals surface area (Å²) in [7, 11) is 0. The maximum Gasteiger partial charge on any atom is 0.329 e. The molecule has 0 aliphatic rings. The Balaban J connectivity index is 1.71. The van der Waals surface area contributed by atoms with Gasteiger partial charge in [0.05, 0.1) is 6.42 Å². The first kappa shape index (κ1) is 13.9. The predicted octanol–water partition coefficient (Wildman–Crippen LogP) is 1.57. The first-order valence-electron chi connectivity index (χ1n) is 6.78. The Bertz CT molecular complexity index is 837. The fourth-order valence-electron chi connectivity index (χ4n) is 2.05. The minimum Gasteiger partial charge on any atom is -0.407 e. The number of carbonyl (C=O) groups is 1. The zero-order valence-electron chi connectivity index (χ0n) is 11.7. The number of aromatic nitrogens is 3. The summed E-state index contributed by atoms with van der Waals surface area (Å²) in [5, 5.41) is 7.62. The Morgan fingerprint density at radius 3 is 2.55 bits per heavy atom. The molecule has 22 heavy (non-hydrogen) atoms. The van der Waals surface area contributed by atoms with Crippen LogP contribution in [0.3, 0.4) is 0 Å². The highest BCUT2D eigenvalue weighted by Gasteiger charge is 2.13. The van der Waals surface area contributed by atoms with Crippen molar-refractivity contribution in [1.82, 2.24) is 14.8 Å². The minimum absolute atomic E-state index is 0.0261. The highest BCUT2D eigenvalue weighted by molar-refractivity contribution is 5.82. The van der Waals surface area contributed by atoms with Gasteiger partial charge < -0.3 is 4.42 Å². The molecule has 3 rings (SSSR count). The number of hydrogen-bond acceptors (Lipinski definition) is 5. The topological polar surface area (TPSA) is 78.0 Å². The quantitative estimate of drug-likeness (QED) is 0.714. The van der Waals surface area contributed by atoms with E-state index < -0.39 is 0 Å². The Morgan fingerprint density at radius 1 is 1.00 bits per heavy atom. The van der Waals surface area contributed by atoms with Crippen molar-refractivity contribution in [3.05, 3.63) is 76.5 Å². The molecule has 6 heteroatoms. The molecule has 0 saturated heterocycles. The van der Waals surface area contributed by atoms with E-state index in [9.17, 15) is 9.59 Å². The van der Waals surface area contributed by atoms with Crippen LogP contribution in [-0.2, 0) is 17.6 Å². The lowest BCUT2D eigenvalue weighted by atomic mass is 10.1. The van der Waals surface area contributed by atoms with E-state index in [-0.39, 0.29) is 29.7 Å². The van der Waals surface area contributed by atoms with Crippen LogP contribution in [0.25, 0.3) is 6.01 Å². The van der Waals surface area contributed by atoms with Crippen LogP contribution >= 0.6 is 0 Å². The summed E-state index contributed by atoms with van der Waals surface area (Å²) in [6, 6.07) is 14.2. The van der Waals surface area contributed by atoms with Crippen LogP contribution in [0.5, 0.6) is 0 Å². The summed E-state index contributed by atoms with van der Waals surface area (Å²) in [5.41, 5.74) is 0.667. The molecule has 0 unspecified atom stereocenters. The van der Waals surface area contributed by atoms with Gasteiger partial charge in [0.1, 0.15) is 5.78 Å². The van der Waals surface area contributed by atoms with Crippen molar-refractivity contribution in [2.24, 2.45) is 0 Å². The number of hydrogen-bond donors (Lipinski definition) is 0. The maximum atomic E-state index is 12.0. The summed E-state index contributed by atoms with van der Waals surface area (Å²) in [6.45, 7) is 0. The molecule has 0 N–H and O–H groups in total. The first-order valence-corrected chi connectivity index (χ1v) is 6.78. The summed E-state index contributed by atoms with van der Waals surface area (Å²) in [5.74, 6) is 0.175. The Kier molecular flexibility index (Phi) is 3.91. The van der Waals surface area contributed by atoms with Crippen molar-refractivity contribution in [2.45, 2.75) is 12.8 Å². The van der Waals surface area contributed by atoms with Gasteiger partial charge >= 0.3 is 6.01 Å². The fourth-order valence-corrected chi connectivity index (χ4v) is 2.05. The zero-order chi connectivity index (χ0) is 15.4. The van der Waals surface area contributed by atoms with Crippen molar-refractivity contribution in [1.29, 1.82) is 0 Å². The second-order valence-corrected chi connectivity index (χ2v) is 4.77. The molecule has 0 aliphatic carbocycles. The third-order valence-corrected chi connectivity index (χ3v) is 3.08. The van der Waals surface area contributed by atoms with Crippen LogP contribution in [0.1, 0.15) is 11.5 Å². The molecular formula is C16H13N3O3. The normalized spacial score (nSPS) is 10.5. The number of carbonyl (C=O) groups excluding carboxylic acids is 1.